The number of rotatable bonds is 5. The lowest BCUT2D eigenvalue weighted by Crippen LogP contribution is -2.61. The monoisotopic (exact) mass is 999 g/mol. The second-order valence-electron chi connectivity index (χ2n) is 21.3. The van der Waals surface area contributed by atoms with Crippen molar-refractivity contribution < 1.29 is 0 Å². The summed E-state index contributed by atoms with van der Waals surface area (Å²) in [6, 6.07) is 93.7. The average Bonchev–Trinajstić information content (AvgIpc) is 3.14. The number of fused-ring (bicyclic) bond motifs is 10. The summed E-state index contributed by atoms with van der Waals surface area (Å²) in [5, 5.41) is 20.3. The van der Waals surface area contributed by atoms with Gasteiger partial charge in [0.15, 0.2) is 17.5 Å². The molecule has 0 saturated carbocycles. The van der Waals surface area contributed by atoms with Gasteiger partial charge in [-0.05, 0) is 151 Å². The Kier molecular flexibility index (Phi) is 8.69. The van der Waals surface area contributed by atoms with Crippen LogP contribution in [0.5, 0.6) is 0 Å². The fourth-order valence-corrected chi connectivity index (χ4v) is 14.2. The first-order chi connectivity index (χ1) is 39.2. The third-order valence-corrected chi connectivity index (χ3v) is 17.3. The molecule has 16 aromatic rings. The Hall–Kier alpha value is -10.4. The summed E-state index contributed by atoms with van der Waals surface area (Å²) in [4.78, 5) is 21.2. The molecule has 3 heterocycles. The van der Waals surface area contributed by atoms with Gasteiger partial charge in [-0.1, -0.05) is 206 Å². The van der Waals surface area contributed by atoms with E-state index in [4.69, 9.17) is 15.0 Å². The minimum atomic E-state index is -0.211. The molecule has 2 aliphatic rings. The van der Waals surface area contributed by atoms with Gasteiger partial charge in [-0.3, -0.25) is 0 Å². The van der Waals surface area contributed by atoms with Gasteiger partial charge in [0.2, 0.25) is 0 Å². The maximum atomic E-state index is 5.44. The topological polar surface area (TPSA) is 45.2 Å². The summed E-state index contributed by atoms with van der Waals surface area (Å²) in [5.41, 5.74) is 13.2. The van der Waals surface area contributed by atoms with E-state index in [1.54, 1.807) is 0 Å². The van der Waals surface area contributed by atoms with Crippen molar-refractivity contribution in [1.29, 1.82) is 0 Å². The van der Waals surface area contributed by atoms with Crippen molar-refractivity contribution in [3.63, 3.8) is 0 Å². The molecule has 1 aromatic heterocycles. The first-order valence-corrected chi connectivity index (χ1v) is 27.2. The van der Waals surface area contributed by atoms with Gasteiger partial charge in [0.05, 0.1) is 0 Å². The maximum Gasteiger partial charge on any atom is 0.253 e. The van der Waals surface area contributed by atoms with Crippen molar-refractivity contribution in [2.45, 2.75) is 0 Å². The molecular weight excluding hydrogens is 958 g/mol. The molecule has 0 spiro atoms. The van der Waals surface area contributed by atoms with Crippen molar-refractivity contribution in [1.82, 2.24) is 15.0 Å². The number of hydrogen-bond acceptors (Lipinski definition) is 5. The molecule has 0 atom stereocenters. The first kappa shape index (κ1) is 42.8. The normalized spacial score (nSPS) is 13.0. The molecule has 15 aromatic carbocycles. The number of nitrogens with zero attached hydrogens (tertiary/aromatic N) is 5. The SMILES string of the molecule is c1ccc(-c2nc(-c3ccccc3)nc(-c3cc4c5c(c3)N(c3ccccc3)c3cc6c7cccc8cccc(c9cccc(c3B5c3c(cc5c%10cccc%11cccc(c%12cccc3c%125)c%11%10)N4c3ccccc3)c96)c87)n2)cc1. The molecule has 0 unspecified atom stereocenters. The predicted octanol–water partition coefficient (Wildman–Crippen LogP) is 17.1. The summed E-state index contributed by atoms with van der Waals surface area (Å²) in [5.74, 6) is 1.84. The van der Waals surface area contributed by atoms with Crippen LogP contribution in [0.4, 0.5) is 34.1 Å². The summed E-state index contributed by atoms with van der Waals surface area (Å²) >= 11 is 0. The largest absolute Gasteiger partial charge is 0.311 e. The van der Waals surface area contributed by atoms with E-state index in [9.17, 15) is 0 Å². The lowest BCUT2D eigenvalue weighted by Gasteiger charge is -2.45. The third kappa shape index (κ3) is 5.92. The van der Waals surface area contributed by atoms with Gasteiger partial charge in [-0.2, -0.15) is 0 Å². The second-order valence-corrected chi connectivity index (χ2v) is 21.3. The van der Waals surface area contributed by atoms with Crippen molar-refractivity contribution in [2.75, 3.05) is 9.80 Å². The van der Waals surface area contributed by atoms with Crippen molar-refractivity contribution in [2.24, 2.45) is 0 Å². The summed E-state index contributed by atoms with van der Waals surface area (Å²) < 4.78 is 0. The highest BCUT2D eigenvalue weighted by Crippen LogP contribution is 2.52. The Morgan fingerprint density at radius 2 is 0.557 bits per heavy atom. The quantitative estimate of drug-likeness (QED) is 0.0977. The van der Waals surface area contributed by atoms with Gasteiger partial charge in [0, 0.05) is 50.8 Å². The van der Waals surface area contributed by atoms with Crippen molar-refractivity contribution in [3.05, 3.63) is 255 Å². The van der Waals surface area contributed by atoms with Crippen LogP contribution in [0, 0.1) is 0 Å². The maximum absolute atomic E-state index is 5.44. The molecule has 0 bridgehead atoms. The molecule has 0 fully saturated rings. The molecule has 0 amide bonds. The van der Waals surface area contributed by atoms with Crippen LogP contribution in [0.15, 0.2) is 255 Å². The number of hydrogen-bond donors (Lipinski definition) is 0. The van der Waals surface area contributed by atoms with E-state index in [-0.39, 0.29) is 6.71 Å². The molecule has 6 heteroatoms. The van der Waals surface area contributed by atoms with Crippen LogP contribution in [0.2, 0.25) is 0 Å². The van der Waals surface area contributed by atoms with Crippen LogP contribution in [-0.2, 0) is 0 Å². The van der Waals surface area contributed by atoms with E-state index in [0.717, 1.165) is 50.8 Å². The first-order valence-electron chi connectivity index (χ1n) is 27.2. The minimum Gasteiger partial charge on any atom is -0.311 e. The lowest BCUT2D eigenvalue weighted by atomic mass is 9.32. The predicted molar refractivity (Wildman–Crippen MR) is 333 cm³/mol. The van der Waals surface area contributed by atoms with Gasteiger partial charge in [-0.15, -0.1) is 0 Å². The van der Waals surface area contributed by atoms with Gasteiger partial charge >= 0.3 is 0 Å². The van der Waals surface area contributed by atoms with Crippen LogP contribution in [0.1, 0.15) is 0 Å². The highest BCUT2D eigenvalue weighted by Gasteiger charge is 2.46. The summed E-state index contributed by atoms with van der Waals surface area (Å²) in [6.45, 7) is -0.211. The zero-order valence-corrected chi connectivity index (χ0v) is 42.6. The fourth-order valence-electron chi connectivity index (χ4n) is 14.2. The van der Waals surface area contributed by atoms with E-state index in [0.29, 0.717) is 17.5 Å². The van der Waals surface area contributed by atoms with E-state index in [2.05, 4.69) is 228 Å². The van der Waals surface area contributed by atoms with Crippen LogP contribution >= 0.6 is 0 Å². The molecule has 0 aliphatic carbocycles. The summed E-state index contributed by atoms with van der Waals surface area (Å²) in [6.07, 6.45) is 0. The van der Waals surface area contributed by atoms with Crippen LogP contribution in [0.25, 0.3) is 120 Å². The van der Waals surface area contributed by atoms with E-state index in [1.165, 1.54) is 103 Å². The van der Waals surface area contributed by atoms with E-state index >= 15 is 0 Å². The van der Waals surface area contributed by atoms with Crippen LogP contribution < -0.4 is 26.2 Å². The number of aromatic nitrogens is 3. The Morgan fingerprint density at radius 3 is 0.962 bits per heavy atom. The fraction of sp³-hybridized carbons (Fsp3) is 0. The van der Waals surface area contributed by atoms with Gasteiger partial charge in [0.25, 0.3) is 6.71 Å². The zero-order valence-electron chi connectivity index (χ0n) is 42.6. The van der Waals surface area contributed by atoms with Crippen molar-refractivity contribution >= 4 is 143 Å². The summed E-state index contributed by atoms with van der Waals surface area (Å²) in [7, 11) is 0. The molecule has 0 N–H and O–H groups in total. The van der Waals surface area contributed by atoms with Crippen LogP contribution in [0.3, 0.4) is 0 Å². The van der Waals surface area contributed by atoms with Gasteiger partial charge in [0.1, 0.15) is 0 Å². The van der Waals surface area contributed by atoms with E-state index < -0.39 is 0 Å². The molecule has 0 radical (unpaired) electrons. The van der Waals surface area contributed by atoms with Gasteiger partial charge < -0.3 is 9.80 Å². The average molecular weight is 1000 g/mol. The number of anilines is 6. The van der Waals surface area contributed by atoms with Crippen molar-refractivity contribution in [3.8, 4) is 34.2 Å². The van der Waals surface area contributed by atoms with Crippen LogP contribution in [-0.4, -0.2) is 21.7 Å². The number of benzene rings is 15. The molecule has 0 saturated heterocycles. The Morgan fingerprint density at radius 1 is 0.241 bits per heavy atom. The Balaban J connectivity index is 1.05. The molecule has 79 heavy (non-hydrogen) atoms. The highest BCUT2D eigenvalue weighted by molar-refractivity contribution is 7.03. The minimum absolute atomic E-state index is 0.211. The second kappa shape index (κ2) is 16.1. The molecular formula is C73H42BN5. The molecule has 2 aliphatic heterocycles. The lowest BCUT2D eigenvalue weighted by molar-refractivity contribution is 1.07. The van der Waals surface area contributed by atoms with Gasteiger partial charge in [-0.25, -0.2) is 15.0 Å². The Bertz CT molecular complexity index is 4870. The molecule has 362 valence electrons. The zero-order chi connectivity index (χ0) is 51.4. The standard InChI is InChI=1S/C73H42BN5/c1-5-19-45(20-6-1)71-75-72(46-21-7-2-8-22-46)77-73(76-71)47-39-60-70-61(40-47)79(49-29-11-4-12-30-49)63-42-59-55-34-16-26-44-24-14-32-51(65(44)55)53-36-18-38-57(67(53)59)69(63)74(70)68-56-37-17-35-52-50-31-13-23-43-25-15-33-54(64(43)50)58(66(52)56)41-62(68)78(60)48-27-9-3-10-28-48/h1-42H. The number of para-hydroxylation sites is 2. The Labute approximate surface area is 454 Å². The highest BCUT2D eigenvalue weighted by atomic mass is 15.2. The smallest absolute Gasteiger partial charge is 0.253 e. The third-order valence-electron chi connectivity index (χ3n) is 17.3. The van der Waals surface area contributed by atoms with E-state index in [1.807, 2.05) is 36.4 Å². The molecule has 5 nitrogen and oxygen atoms in total. The molecule has 18 rings (SSSR count).